The Balaban J connectivity index is 0.000000552. The number of aromatic nitrogens is 1. The Morgan fingerprint density at radius 1 is 1.34 bits per heavy atom. The zero-order chi connectivity index (χ0) is 21.2. The second-order valence-electron chi connectivity index (χ2n) is 7.69. The minimum Gasteiger partial charge on any atom is -0.481 e. The number of pyridine rings is 1. The maximum Gasteiger partial charge on any atom is 0.317 e. The van der Waals surface area contributed by atoms with E-state index in [1.807, 2.05) is 12.1 Å². The zero-order valence-corrected chi connectivity index (χ0v) is 16.5. The number of urea groups is 1. The summed E-state index contributed by atoms with van der Waals surface area (Å²) in [6, 6.07) is 3.67. The number of carboxylic acid groups (broad SMARTS) is 1. The molecule has 4 rings (SSSR count). The van der Waals surface area contributed by atoms with E-state index in [0.29, 0.717) is 32.7 Å². The van der Waals surface area contributed by atoms with Crippen LogP contribution in [0, 0.1) is 5.92 Å². The maximum absolute atomic E-state index is 12.7. The molecule has 3 aliphatic heterocycles. The van der Waals surface area contributed by atoms with Crippen molar-refractivity contribution in [3.63, 3.8) is 0 Å². The van der Waals surface area contributed by atoms with Gasteiger partial charge in [0.15, 0.2) is 0 Å². The van der Waals surface area contributed by atoms with E-state index in [0.717, 1.165) is 12.5 Å². The van der Waals surface area contributed by atoms with Crippen LogP contribution in [0.25, 0.3) is 0 Å². The molecule has 0 aliphatic carbocycles. The third-order valence-electron chi connectivity index (χ3n) is 5.53. The van der Waals surface area contributed by atoms with Crippen molar-refractivity contribution in [2.24, 2.45) is 5.92 Å². The normalized spacial score (nSPS) is 22.1. The number of hydrogen-bond acceptors (Lipinski definition) is 5. The lowest BCUT2D eigenvalue weighted by molar-refractivity contribution is -0.146. The highest BCUT2D eigenvalue weighted by Crippen LogP contribution is 2.32. The first-order chi connectivity index (χ1) is 13.7. The molecule has 1 atom stereocenters. The number of amides is 4. The predicted molar refractivity (Wildman–Crippen MR) is 102 cm³/mol. The Bertz CT molecular complexity index is 804. The van der Waals surface area contributed by atoms with Crippen molar-refractivity contribution in [2.45, 2.75) is 25.4 Å². The molecule has 0 radical (unpaired) electrons. The first kappa shape index (κ1) is 20.6. The van der Waals surface area contributed by atoms with Crippen LogP contribution < -0.4 is 5.32 Å². The average molecular weight is 403 g/mol. The molecule has 0 aromatic carbocycles. The van der Waals surface area contributed by atoms with Gasteiger partial charge in [-0.2, -0.15) is 0 Å². The van der Waals surface area contributed by atoms with Crippen LogP contribution >= 0.6 is 0 Å². The smallest absolute Gasteiger partial charge is 0.317 e. The van der Waals surface area contributed by atoms with Crippen molar-refractivity contribution < 1.29 is 24.3 Å². The number of aliphatic carboxylic acids is 1. The van der Waals surface area contributed by atoms with Crippen LogP contribution in [-0.4, -0.2) is 87.4 Å². The molecule has 0 saturated carbocycles. The summed E-state index contributed by atoms with van der Waals surface area (Å²) in [6.45, 7) is 3.66. The number of likely N-dealkylation sites (N-methyl/N-ethyl adjacent to an activating group) is 1. The van der Waals surface area contributed by atoms with Crippen molar-refractivity contribution >= 4 is 23.8 Å². The van der Waals surface area contributed by atoms with E-state index in [-0.39, 0.29) is 35.7 Å². The number of carbonyl (C=O) groups excluding carboxylic acids is 3. The fourth-order valence-electron chi connectivity index (χ4n) is 3.90. The Morgan fingerprint density at radius 2 is 2.03 bits per heavy atom. The van der Waals surface area contributed by atoms with Crippen LogP contribution in [0.15, 0.2) is 24.5 Å². The largest absolute Gasteiger partial charge is 0.481 e. The molecular formula is C19H25N5O5. The van der Waals surface area contributed by atoms with Crippen LogP contribution in [-0.2, 0) is 20.9 Å². The summed E-state index contributed by atoms with van der Waals surface area (Å²) in [5.41, 5.74) is 0.689. The quantitative estimate of drug-likeness (QED) is 0.718. The number of carbonyl (C=O) groups is 4. The first-order valence-electron chi connectivity index (χ1n) is 9.38. The molecule has 0 bridgehead atoms. The van der Waals surface area contributed by atoms with Gasteiger partial charge in [0.1, 0.15) is 0 Å². The number of carboxylic acids is 1. The second-order valence-corrected chi connectivity index (χ2v) is 7.69. The van der Waals surface area contributed by atoms with Gasteiger partial charge in [0.25, 0.3) is 5.97 Å². The van der Waals surface area contributed by atoms with Crippen LogP contribution in [0.3, 0.4) is 0 Å². The van der Waals surface area contributed by atoms with Gasteiger partial charge in [0.2, 0.25) is 11.8 Å². The van der Waals surface area contributed by atoms with Crippen molar-refractivity contribution in [2.75, 3.05) is 33.2 Å². The lowest BCUT2D eigenvalue weighted by Gasteiger charge is -2.51. The third-order valence-corrected chi connectivity index (χ3v) is 5.53. The SMILES string of the molecule is CC(=O)O.CN1C(=O)NCC12CN(C(=O)C1CC(=O)N(Cc3cccnc3)C1)C2. The maximum atomic E-state index is 12.7. The Labute approximate surface area is 168 Å². The van der Waals surface area contributed by atoms with E-state index in [4.69, 9.17) is 9.90 Å². The molecule has 1 aromatic rings. The van der Waals surface area contributed by atoms with Gasteiger partial charge in [-0.05, 0) is 11.6 Å². The van der Waals surface area contributed by atoms with Crippen molar-refractivity contribution in [1.82, 2.24) is 25.0 Å². The number of hydrogen-bond donors (Lipinski definition) is 2. The summed E-state index contributed by atoms with van der Waals surface area (Å²) in [5, 5.41) is 10.2. The number of likely N-dealkylation sites (tertiary alicyclic amines) is 2. The van der Waals surface area contributed by atoms with E-state index < -0.39 is 5.97 Å². The molecule has 1 aromatic heterocycles. The van der Waals surface area contributed by atoms with E-state index in [1.165, 1.54) is 0 Å². The standard InChI is InChI=1S/C17H21N5O3.C2H4O2/c1-20-16(25)19-9-17(20)10-22(11-17)15(24)13-5-14(23)21(8-13)7-12-3-2-4-18-6-12;1-2(3)4/h2-4,6,13H,5,7-11H2,1H3,(H,19,25);1H3,(H,3,4). The first-order valence-corrected chi connectivity index (χ1v) is 9.38. The van der Waals surface area contributed by atoms with Crippen LogP contribution in [0.2, 0.25) is 0 Å². The number of rotatable bonds is 3. The molecular weight excluding hydrogens is 378 g/mol. The Morgan fingerprint density at radius 3 is 2.59 bits per heavy atom. The molecule has 1 unspecified atom stereocenters. The fourth-order valence-corrected chi connectivity index (χ4v) is 3.90. The molecule has 156 valence electrons. The molecule has 3 fully saturated rings. The summed E-state index contributed by atoms with van der Waals surface area (Å²) in [7, 11) is 1.76. The van der Waals surface area contributed by atoms with Crippen LogP contribution in [0.4, 0.5) is 4.79 Å². The predicted octanol–water partition coefficient (Wildman–Crippen LogP) is -0.243. The zero-order valence-electron chi connectivity index (χ0n) is 16.5. The minimum absolute atomic E-state index is 0.00673. The van der Waals surface area contributed by atoms with Gasteiger partial charge >= 0.3 is 6.03 Å². The summed E-state index contributed by atoms with van der Waals surface area (Å²) in [5.74, 6) is -1.11. The highest BCUT2D eigenvalue weighted by Gasteiger charge is 2.54. The molecule has 4 amide bonds. The van der Waals surface area contributed by atoms with E-state index in [9.17, 15) is 14.4 Å². The van der Waals surface area contributed by atoms with Gasteiger partial charge < -0.3 is 25.1 Å². The number of nitrogens with one attached hydrogen (secondary N) is 1. The minimum atomic E-state index is -0.833. The monoisotopic (exact) mass is 403 g/mol. The highest BCUT2D eigenvalue weighted by atomic mass is 16.4. The van der Waals surface area contributed by atoms with Crippen molar-refractivity contribution in [3.8, 4) is 0 Å². The van der Waals surface area contributed by atoms with Gasteiger partial charge in [-0.3, -0.25) is 19.4 Å². The van der Waals surface area contributed by atoms with Gasteiger partial charge in [0, 0.05) is 65.5 Å². The lowest BCUT2D eigenvalue weighted by atomic mass is 9.88. The van der Waals surface area contributed by atoms with Crippen LogP contribution in [0.1, 0.15) is 18.9 Å². The molecule has 3 saturated heterocycles. The summed E-state index contributed by atoms with van der Waals surface area (Å²) in [6.07, 6.45) is 3.69. The molecule has 3 aliphatic rings. The van der Waals surface area contributed by atoms with Crippen molar-refractivity contribution in [3.05, 3.63) is 30.1 Å². The van der Waals surface area contributed by atoms with Gasteiger partial charge in [-0.25, -0.2) is 4.79 Å². The summed E-state index contributed by atoms with van der Waals surface area (Å²) >= 11 is 0. The van der Waals surface area contributed by atoms with Gasteiger partial charge in [-0.15, -0.1) is 0 Å². The Kier molecular flexibility index (Phi) is 5.71. The van der Waals surface area contributed by atoms with Gasteiger partial charge in [0.05, 0.1) is 11.5 Å². The van der Waals surface area contributed by atoms with E-state index in [1.54, 1.807) is 34.1 Å². The summed E-state index contributed by atoms with van der Waals surface area (Å²) < 4.78 is 0. The second kappa shape index (κ2) is 8.06. The molecule has 4 heterocycles. The summed E-state index contributed by atoms with van der Waals surface area (Å²) in [4.78, 5) is 54.8. The molecule has 10 heteroatoms. The average Bonchev–Trinajstić information content (AvgIpc) is 3.15. The topological polar surface area (TPSA) is 123 Å². The van der Waals surface area contributed by atoms with Crippen molar-refractivity contribution in [1.29, 1.82) is 0 Å². The fraction of sp³-hybridized carbons (Fsp3) is 0.526. The molecule has 10 nitrogen and oxygen atoms in total. The van der Waals surface area contributed by atoms with E-state index in [2.05, 4.69) is 10.3 Å². The third kappa shape index (κ3) is 4.30. The lowest BCUT2D eigenvalue weighted by Crippen LogP contribution is -2.70. The Hall–Kier alpha value is -3.17. The highest BCUT2D eigenvalue weighted by molar-refractivity contribution is 5.90. The number of nitrogens with zero attached hydrogens (tertiary/aromatic N) is 4. The molecule has 29 heavy (non-hydrogen) atoms. The molecule has 1 spiro atoms. The van der Waals surface area contributed by atoms with Gasteiger partial charge in [-0.1, -0.05) is 6.07 Å². The molecule has 2 N–H and O–H groups in total. The van der Waals surface area contributed by atoms with E-state index >= 15 is 0 Å². The van der Waals surface area contributed by atoms with Crippen LogP contribution in [0.5, 0.6) is 0 Å².